The fraction of sp³-hybridized carbons (Fsp3) is 0.286. The van der Waals surface area contributed by atoms with Gasteiger partial charge in [0.1, 0.15) is 5.83 Å². The summed E-state index contributed by atoms with van der Waals surface area (Å²) in [4.78, 5) is 14.2. The molecule has 2 rings (SSSR count). The number of carbonyl (C=O) groups is 1. The maximum Gasteiger partial charge on any atom is 0.337 e. The van der Waals surface area contributed by atoms with Crippen molar-refractivity contribution in [3.8, 4) is 0 Å². The minimum Gasteiger partial charge on any atom is -0.463 e. The van der Waals surface area contributed by atoms with Gasteiger partial charge in [0.15, 0.2) is 0 Å². The van der Waals surface area contributed by atoms with Crippen LogP contribution in [0.3, 0.4) is 0 Å². The van der Waals surface area contributed by atoms with Crippen LogP contribution in [-0.2, 0) is 16.0 Å². The maximum atomic E-state index is 15.1. The average molecular weight is 420 g/mol. The molecule has 0 saturated carbocycles. The van der Waals surface area contributed by atoms with Gasteiger partial charge in [-0.1, -0.05) is 46.3 Å². The Morgan fingerprint density at radius 3 is 2.31 bits per heavy atom. The van der Waals surface area contributed by atoms with Gasteiger partial charge in [-0.2, -0.15) is 0 Å². The van der Waals surface area contributed by atoms with Crippen molar-refractivity contribution in [3.63, 3.8) is 0 Å². The molecule has 0 aliphatic heterocycles. The van der Waals surface area contributed by atoms with Crippen LogP contribution in [0, 0.1) is 0 Å². The predicted molar refractivity (Wildman–Crippen MR) is 107 cm³/mol. The third kappa shape index (κ3) is 5.70. The third-order valence-electron chi connectivity index (χ3n) is 3.98. The number of esters is 1. The topological polar surface area (TPSA) is 29.5 Å². The molecule has 0 heterocycles. The van der Waals surface area contributed by atoms with Crippen LogP contribution in [0.2, 0.25) is 0 Å². The van der Waals surface area contributed by atoms with Gasteiger partial charge in [0.05, 0.1) is 18.7 Å². The van der Waals surface area contributed by atoms with Crippen molar-refractivity contribution in [2.45, 2.75) is 20.3 Å². The number of anilines is 1. The fourth-order valence-electron chi connectivity index (χ4n) is 2.60. The Bertz CT molecular complexity index is 744. The summed E-state index contributed by atoms with van der Waals surface area (Å²) in [5.41, 5.74) is 1.85. The SMILES string of the molecule is CCOC(=O)/C(Cc1ccccc1)=C(/F)CN(CC)c1ccc(Br)cc1. The molecule has 0 saturated heterocycles. The molecule has 26 heavy (non-hydrogen) atoms. The number of hydrogen-bond donors (Lipinski definition) is 0. The highest BCUT2D eigenvalue weighted by atomic mass is 79.9. The molecular formula is C21H23BrFNO2. The zero-order chi connectivity index (χ0) is 18.9. The molecule has 2 aromatic rings. The van der Waals surface area contributed by atoms with Crippen LogP contribution < -0.4 is 4.90 Å². The van der Waals surface area contributed by atoms with Crippen molar-refractivity contribution >= 4 is 27.6 Å². The number of hydrogen-bond acceptors (Lipinski definition) is 3. The summed E-state index contributed by atoms with van der Waals surface area (Å²) in [6.07, 6.45) is 0.212. The number of carbonyl (C=O) groups excluding carboxylic acids is 1. The number of likely N-dealkylation sites (N-methyl/N-ethyl adjacent to an activating group) is 1. The lowest BCUT2D eigenvalue weighted by Gasteiger charge is -2.23. The van der Waals surface area contributed by atoms with Gasteiger partial charge in [0, 0.05) is 23.1 Å². The van der Waals surface area contributed by atoms with E-state index in [-0.39, 0.29) is 25.1 Å². The van der Waals surface area contributed by atoms with Gasteiger partial charge in [-0.05, 0) is 43.7 Å². The number of nitrogens with zero attached hydrogens (tertiary/aromatic N) is 1. The molecule has 3 nitrogen and oxygen atoms in total. The zero-order valence-electron chi connectivity index (χ0n) is 15.0. The molecule has 0 N–H and O–H groups in total. The number of ether oxygens (including phenoxy) is 1. The van der Waals surface area contributed by atoms with Crippen LogP contribution in [0.25, 0.3) is 0 Å². The average Bonchev–Trinajstić information content (AvgIpc) is 2.65. The molecule has 0 aliphatic carbocycles. The van der Waals surface area contributed by atoms with E-state index in [2.05, 4.69) is 15.9 Å². The molecule has 0 atom stereocenters. The fourth-order valence-corrected chi connectivity index (χ4v) is 2.86. The second-order valence-corrected chi connectivity index (χ2v) is 6.67. The van der Waals surface area contributed by atoms with Crippen molar-refractivity contribution < 1.29 is 13.9 Å². The van der Waals surface area contributed by atoms with Gasteiger partial charge >= 0.3 is 5.97 Å². The Morgan fingerprint density at radius 1 is 1.08 bits per heavy atom. The van der Waals surface area contributed by atoms with Crippen molar-refractivity contribution in [3.05, 3.63) is 76.0 Å². The lowest BCUT2D eigenvalue weighted by Crippen LogP contribution is -2.26. The smallest absolute Gasteiger partial charge is 0.337 e. The molecule has 2 aromatic carbocycles. The molecule has 0 bridgehead atoms. The standard InChI is InChI=1S/C21H23BrFNO2/c1-3-24(18-12-10-17(22)11-13-18)15-20(23)19(21(25)26-4-2)14-16-8-6-5-7-9-16/h5-13H,3-4,14-15H2,1-2H3/b20-19+. The van der Waals surface area contributed by atoms with E-state index in [0.29, 0.717) is 6.54 Å². The summed E-state index contributed by atoms with van der Waals surface area (Å²) < 4.78 is 21.1. The van der Waals surface area contributed by atoms with Crippen LogP contribution in [0.5, 0.6) is 0 Å². The van der Waals surface area contributed by atoms with E-state index < -0.39 is 11.8 Å². The number of benzene rings is 2. The zero-order valence-corrected chi connectivity index (χ0v) is 16.6. The third-order valence-corrected chi connectivity index (χ3v) is 4.50. The van der Waals surface area contributed by atoms with Crippen LogP contribution in [0.15, 0.2) is 70.5 Å². The normalized spacial score (nSPS) is 11.7. The predicted octanol–water partition coefficient (Wildman–Crippen LogP) is 5.30. The van der Waals surface area contributed by atoms with Crippen LogP contribution in [0.4, 0.5) is 10.1 Å². The van der Waals surface area contributed by atoms with E-state index in [1.165, 1.54) is 0 Å². The van der Waals surface area contributed by atoms with Gasteiger partial charge in [-0.15, -0.1) is 0 Å². The molecule has 0 amide bonds. The summed E-state index contributed by atoms with van der Waals surface area (Å²) in [5, 5.41) is 0. The van der Waals surface area contributed by atoms with Gasteiger partial charge in [0.2, 0.25) is 0 Å². The maximum absolute atomic E-state index is 15.1. The summed E-state index contributed by atoms with van der Waals surface area (Å²) >= 11 is 3.40. The minimum absolute atomic E-state index is 0.0269. The molecule has 138 valence electrons. The summed E-state index contributed by atoms with van der Waals surface area (Å²) in [6, 6.07) is 17.0. The van der Waals surface area contributed by atoms with E-state index in [9.17, 15) is 4.79 Å². The Kier molecular flexibility index (Phi) is 7.85. The number of rotatable bonds is 8. The molecule has 5 heteroatoms. The molecule has 0 fully saturated rings. The van der Waals surface area contributed by atoms with E-state index in [1.807, 2.05) is 66.4 Å². The van der Waals surface area contributed by atoms with Crippen molar-refractivity contribution in [2.75, 3.05) is 24.6 Å². The molecule has 0 aromatic heterocycles. The molecular weight excluding hydrogens is 397 g/mol. The quantitative estimate of drug-likeness (QED) is 0.429. The molecule has 0 unspecified atom stereocenters. The van der Waals surface area contributed by atoms with Gasteiger partial charge < -0.3 is 9.64 Å². The van der Waals surface area contributed by atoms with E-state index >= 15 is 4.39 Å². The first-order valence-electron chi connectivity index (χ1n) is 8.64. The van der Waals surface area contributed by atoms with Crippen LogP contribution >= 0.6 is 15.9 Å². The minimum atomic E-state index is -0.597. The first-order chi connectivity index (χ1) is 12.5. The summed E-state index contributed by atoms with van der Waals surface area (Å²) in [7, 11) is 0. The van der Waals surface area contributed by atoms with E-state index in [0.717, 1.165) is 15.7 Å². The van der Waals surface area contributed by atoms with E-state index in [4.69, 9.17) is 4.74 Å². The van der Waals surface area contributed by atoms with Crippen LogP contribution in [0.1, 0.15) is 19.4 Å². The van der Waals surface area contributed by atoms with Crippen molar-refractivity contribution in [2.24, 2.45) is 0 Å². The summed E-state index contributed by atoms with van der Waals surface area (Å²) in [5.74, 6) is -1.06. The monoisotopic (exact) mass is 419 g/mol. The Labute approximate surface area is 162 Å². The van der Waals surface area contributed by atoms with Crippen LogP contribution in [-0.4, -0.2) is 25.7 Å². The second-order valence-electron chi connectivity index (χ2n) is 5.76. The second kappa shape index (κ2) is 10.1. The highest BCUT2D eigenvalue weighted by Gasteiger charge is 2.19. The summed E-state index contributed by atoms with van der Waals surface area (Å²) in [6.45, 7) is 4.54. The Balaban J connectivity index is 2.27. The number of halogens is 2. The van der Waals surface area contributed by atoms with Gasteiger partial charge in [-0.25, -0.2) is 9.18 Å². The molecule has 0 spiro atoms. The first kappa shape index (κ1) is 20.2. The molecule has 0 radical (unpaired) electrons. The van der Waals surface area contributed by atoms with Crippen molar-refractivity contribution in [1.82, 2.24) is 0 Å². The molecule has 0 aliphatic rings. The highest BCUT2D eigenvalue weighted by molar-refractivity contribution is 9.10. The largest absolute Gasteiger partial charge is 0.463 e. The Morgan fingerprint density at radius 2 is 1.73 bits per heavy atom. The highest BCUT2D eigenvalue weighted by Crippen LogP contribution is 2.22. The first-order valence-corrected chi connectivity index (χ1v) is 9.43. The lowest BCUT2D eigenvalue weighted by atomic mass is 10.0. The van der Waals surface area contributed by atoms with Gasteiger partial charge in [-0.3, -0.25) is 0 Å². The van der Waals surface area contributed by atoms with Gasteiger partial charge in [0.25, 0.3) is 0 Å². The Hall–Kier alpha value is -2.14. The lowest BCUT2D eigenvalue weighted by molar-refractivity contribution is -0.138. The van der Waals surface area contributed by atoms with Crippen molar-refractivity contribution in [1.29, 1.82) is 0 Å². The van der Waals surface area contributed by atoms with E-state index in [1.54, 1.807) is 6.92 Å².